The normalized spacial score (nSPS) is 36.1. The summed E-state index contributed by atoms with van der Waals surface area (Å²) in [5, 5.41) is 172. The third kappa shape index (κ3) is 22.8. The molecule has 0 aliphatic carbocycles. The summed E-state index contributed by atoms with van der Waals surface area (Å²) in [7, 11) is 0. The van der Waals surface area contributed by atoms with Crippen LogP contribution in [0.5, 0.6) is 0 Å². The molecule has 0 amide bonds. The average Bonchev–Trinajstić information content (AvgIpc) is 3.69. The molecule has 0 saturated carbocycles. The highest BCUT2D eigenvalue weighted by molar-refractivity contribution is 4.96. The standard InChI is InChI=1S/C56H106O26/c1-3-5-7-9-11-13-15-17-19-21-23-25-73-51(37(81-55-49(71)45(67)41(63)35(29-59)79-55)31-75-53-47(69)43(65)39(61)33(27-57)77-53)52(74-26-24-22-20-18-16-14-12-10-8-6-4-2)38(82-56-50(72)46(68)42(64)36(30-60)80-56)32-76-54-48(70)44(66)40(62)34(28-58)78-54/h33-72H,3-32H2,1-2H3/t33?,34?,35?,36?,37-,38-,39+,40+,41+,42+,43-,44-,45-,46-,47?,48?,49?,50?,51-,52-,53+,54+,55-,56-/m0/s1. The van der Waals surface area contributed by atoms with Crippen molar-refractivity contribution in [2.75, 3.05) is 52.9 Å². The first kappa shape index (κ1) is 73.4. The third-order valence-corrected chi connectivity index (χ3v) is 16.0. The smallest absolute Gasteiger partial charge is 0.187 e. The van der Waals surface area contributed by atoms with Crippen LogP contribution in [0.2, 0.25) is 0 Å². The monoisotopic (exact) mass is 1190 g/mol. The fourth-order valence-electron chi connectivity index (χ4n) is 10.7. The summed E-state index contributed by atoms with van der Waals surface area (Å²) in [6.45, 7) is -0.689. The van der Waals surface area contributed by atoms with Gasteiger partial charge in [0, 0.05) is 13.2 Å². The van der Waals surface area contributed by atoms with Crippen molar-refractivity contribution >= 4 is 0 Å². The van der Waals surface area contributed by atoms with Gasteiger partial charge in [-0.05, 0) is 12.8 Å². The Morgan fingerprint density at radius 2 is 0.524 bits per heavy atom. The summed E-state index contributed by atoms with van der Waals surface area (Å²) in [6, 6.07) is 0. The second kappa shape index (κ2) is 40.5. The molecule has 0 aromatic carbocycles. The summed E-state index contributed by atoms with van der Waals surface area (Å²) in [5.74, 6) is 0. The molecule has 26 heteroatoms. The van der Waals surface area contributed by atoms with Crippen molar-refractivity contribution in [1.29, 1.82) is 0 Å². The summed E-state index contributed by atoms with van der Waals surface area (Å²) in [4.78, 5) is 0. The molecule has 486 valence electrons. The highest BCUT2D eigenvalue weighted by atomic mass is 16.8. The predicted octanol–water partition coefficient (Wildman–Crippen LogP) is -1.62. The van der Waals surface area contributed by atoms with Gasteiger partial charge in [-0.1, -0.05) is 142 Å². The van der Waals surface area contributed by atoms with Crippen LogP contribution in [0.15, 0.2) is 0 Å². The molecule has 8 unspecified atom stereocenters. The predicted molar refractivity (Wildman–Crippen MR) is 289 cm³/mol. The van der Waals surface area contributed by atoms with E-state index in [1.54, 1.807) is 0 Å². The SMILES string of the molecule is CCCCCCCCCCCCCO[C@H]([C@@H](OCCCCCCCCCCCCC)[C@H](CO[C@@H]1OC(CO)[C@@H](O)[C@H](O)C1O)O[C@@H]1OC(CO)[C@@H](O)[C@H](O)C1O)[C@H](CO[C@@H]1OC(CO)[C@@H](O)[C@H](O)C1O)O[C@@H]1OC(CO)[C@@H](O)[C@H](O)C1O. The summed E-state index contributed by atoms with van der Waals surface area (Å²) >= 11 is 0. The van der Waals surface area contributed by atoms with E-state index in [1.807, 2.05) is 0 Å². The molecule has 0 bridgehead atoms. The van der Waals surface area contributed by atoms with Gasteiger partial charge in [-0.3, -0.25) is 0 Å². The van der Waals surface area contributed by atoms with E-state index >= 15 is 0 Å². The van der Waals surface area contributed by atoms with Gasteiger partial charge in [-0.2, -0.15) is 0 Å². The number of unbranched alkanes of at least 4 members (excludes halogenated alkanes) is 20. The van der Waals surface area contributed by atoms with Gasteiger partial charge in [-0.25, -0.2) is 0 Å². The zero-order valence-electron chi connectivity index (χ0n) is 48.3. The van der Waals surface area contributed by atoms with Crippen LogP contribution in [-0.4, -0.2) is 282 Å². The van der Waals surface area contributed by atoms with Gasteiger partial charge in [0.15, 0.2) is 25.2 Å². The van der Waals surface area contributed by atoms with E-state index in [4.69, 9.17) is 47.4 Å². The number of ether oxygens (including phenoxy) is 10. The van der Waals surface area contributed by atoms with Crippen molar-refractivity contribution in [2.24, 2.45) is 0 Å². The lowest BCUT2D eigenvalue weighted by Crippen LogP contribution is -2.63. The molecule has 26 nitrogen and oxygen atoms in total. The van der Waals surface area contributed by atoms with Crippen LogP contribution in [0, 0.1) is 0 Å². The molecule has 82 heavy (non-hydrogen) atoms. The Bertz CT molecular complexity index is 1480. The van der Waals surface area contributed by atoms with Crippen LogP contribution < -0.4 is 0 Å². The maximum atomic E-state index is 11.4. The Morgan fingerprint density at radius 3 is 0.780 bits per heavy atom. The van der Waals surface area contributed by atoms with E-state index in [2.05, 4.69) is 13.8 Å². The molecule has 4 fully saturated rings. The van der Waals surface area contributed by atoms with Crippen molar-refractivity contribution in [3.63, 3.8) is 0 Å². The first-order valence-electron chi connectivity index (χ1n) is 30.5. The largest absolute Gasteiger partial charge is 0.394 e. The molecule has 4 saturated heterocycles. The number of hydrogen-bond donors (Lipinski definition) is 16. The summed E-state index contributed by atoms with van der Waals surface area (Å²) < 4.78 is 61.7. The molecule has 0 aromatic heterocycles. The van der Waals surface area contributed by atoms with E-state index < -0.39 is 187 Å². The maximum Gasteiger partial charge on any atom is 0.187 e. The van der Waals surface area contributed by atoms with Gasteiger partial charge >= 0.3 is 0 Å². The van der Waals surface area contributed by atoms with Crippen LogP contribution in [0.25, 0.3) is 0 Å². The fourth-order valence-corrected chi connectivity index (χ4v) is 10.7. The quantitative estimate of drug-likeness (QED) is 0.0305. The number of aliphatic hydroxyl groups is 16. The van der Waals surface area contributed by atoms with Gasteiger partial charge in [0.25, 0.3) is 0 Å². The van der Waals surface area contributed by atoms with Crippen LogP contribution in [0.1, 0.15) is 155 Å². The number of aliphatic hydroxyl groups excluding tert-OH is 16. The van der Waals surface area contributed by atoms with Crippen LogP contribution in [-0.2, 0) is 47.4 Å². The lowest BCUT2D eigenvalue weighted by atomic mass is 9.97. The third-order valence-electron chi connectivity index (χ3n) is 16.0. The number of rotatable bonds is 43. The second-order valence-electron chi connectivity index (χ2n) is 22.5. The molecule has 0 radical (unpaired) electrons. The van der Waals surface area contributed by atoms with E-state index in [9.17, 15) is 81.7 Å². The Labute approximate surface area is 483 Å². The van der Waals surface area contributed by atoms with E-state index in [-0.39, 0.29) is 13.2 Å². The van der Waals surface area contributed by atoms with Crippen LogP contribution >= 0.6 is 0 Å². The molecule has 4 heterocycles. The van der Waals surface area contributed by atoms with Crippen molar-refractivity contribution in [1.82, 2.24) is 0 Å². The molecule has 24 atom stereocenters. The number of hydrogen-bond acceptors (Lipinski definition) is 26. The molecule has 4 aliphatic heterocycles. The Kier molecular flexibility index (Phi) is 36.3. The zero-order valence-corrected chi connectivity index (χ0v) is 48.3. The van der Waals surface area contributed by atoms with Crippen molar-refractivity contribution in [3.05, 3.63) is 0 Å². The minimum atomic E-state index is -2.02. The van der Waals surface area contributed by atoms with Gasteiger partial charge in [0.2, 0.25) is 0 Å². The van der Waals surface area contributed by atoms with Crippen molar-refractivity contribution in [2.45, 2.75) is 302 Å². The zero-order chi connectivity index (χ0) is 60.1. The molecule has 0 aromatic rings. The lowest BCUT2D eigenvalue weighted by molar-refractivity contribution is -0.351. The molecule has 16 N–H and O–H groups in total. The van der Waals surface area contributed by atoms with E-state index in [1.165, 1.54) is 38.5 Å². The van der Waals surface area contributed by atoms with E-state index in [0.29, 0.717) is 25.7 Å². The molecule has 4 aliphatic rings. The topological polar surface area (TPSA) is 416 Å². The fraction of sp³-hybridized carbons (Fsp3) is 1.00. The van der Waals surface area contributed by atoms with E-state index in [0.717, 1.165) is 77.0 Å². The van der Waals surface area contributed by atoms with Gasteiger partial charge in [0.05, 0.1) is 39.6 Å². The average molecular weight is 1200 g/mol. The van der Waals surface area contributed by atoms with Gasteiger partial charge < -0.3 is 129 Å². The Balaban J connectivity index is 1.81. The van der Waals surface area contributed by atoms with Crippen LogP contribution in [0.4, 0.5) is 0 Å². The second-order valence-corrected chi connectivity index (χ2v) is 22.5. The summed E-state index contributed by atoms with van der Waals surface area (Å²) in [6.07, 6.45) is -20.9. The maximum absolute atomic E-state index is 11.4. The molecule has 4 rings (SSSR count). The first-order chi connectivity index (χ1) is 39.5. The molecular weight excluding hydrogens is 1090 g/mol. The minimum absolute atomic E-state index is 0.0606. The van der Waals surface area contributed by atoms with Gasteiger partial charge in [-0.15, -0.1) is 0 Å². The lowest BCUT2D eigenvalue weighted by Gasteiger charge is -2.46. The van der Waals surface area contributed by atoms with Crippen molar-refractivity contribution in [3.8, 4) is 0 Å². The van der Waals surface area contributed by atoms with Gasteiger partial charge in [0.1, 0.15) is 122 Å². The minimum Gasteiger partial charge on any atom is -0.394 e. The molecular formula is C56H106O26. The highest BCUT2D eigenvalue weighted by Gasteiger charge is 2.52. The highest BCUT2D eigenvalue weighted by Crippen LogP contribution is 2.32. The Hall–Kier alpha value is -1.04. The Morgan fingerprint density at radius 1 is 0.293 bits per heavy atom. The molecule has 0 spiro atoms. The first-order valence-corrected chi connectivity index (χ1v) is 30.5. The summed E-state index contributed by atoms with van der Waals surface area (Å²) in [5.41, 5.74) is 0. The van der Waals surface area contributed by atoms with Crippen LogP contribution in [0.3, 0.4) is 0 Å². The van der Waals surface area contributed by atoms with Crippen molar-refractivity contribution < 1.29 is 129 Å².